The first kappa shape index (κ1) is 9.88. The molecule has 0 bridgehead atoms. The standard InChI is InChI=1S/C8H13N3O2/c1-2-13-11(3-4-12)8-5-9-7-10-6-8/h5-7,12H,2-4H2,1H3. The van der Waals surface area contributed by atoms with E-state index in [0.29, 0.717) is 13.2 Å². The summed E-state index contributed by atoms with van der Waals surface area (Å²) in [5, 5.41) is 10.3. The fourth-order valence-electron chi connectivity index (χ4n) is 0.935. The minimum atomic E-state index is 0.0366. The molecule has 0 aromatic carbocycles. The summed E-state index contributed by atoms with van der Waals surface area (Å²) in [6, 6.07) is 0. The van der Waals surface area contributed by atoms with Crippen LogP contribution >= 0.6 is 0 Å². The monoisotopic (exact) mass is 183 g/mol. The van der Waals surface area contributed by atoms with Crippen LogP contribution in [0.15, 0.2) is 18.7 Å². The van der Waals surface area contributed by atoms with Gasteiger partial charge in [-0.05, 0) is 6.92 Å². The van der Waals surface area contributed by atoms with E-state index >= 15 is 0 Å². The van der Waals surface area contributed by atoms with Gasteiger partial charge in [-0.2, -0.15) is 0 Å². The molecular weight excluding hydrogens is 170 g/mol. The molecule has 0 unspecified atom stereocenters. The molecular formula is C8H13N3O2. The molecule has 0 aliphatic heterocycles. The van der Waals surface area contributed by atoms with Gasteiger partial charge in [0.25, 0.3) is 0 Å². The van der Waals surface area contributed by atoms with Crippen molar-refractivity contribution in [3.63, 3.8) is 0 Å². The van der Waals surface area contributed by atoms with Crippen LogP contribution in [0.2, 0.25) is 0 Å². The summed E-state index contributed by atoms with van der Waals surface area (Å²) in [5.41, 5.74) is 0.749. The van der Waals surface area contributed by atoms with Crippen molar-refractivity contribution in [2.75, 3.05) is 24.8 Å². The highest BCUT2D eigenvalue weighted by atomic mass is 16.7. The van der Waals surface area contributed by atoms with Gasteiger partial charge in [-0.15, -0.1) is 0 Å². The van der Waals surface area contributed by atoms with Crippen LogP contribution in [-0.4, -0.2) is 34.8 Å². The minimum Gasteiger partial charge on any atom is -0.394 e. The Morgan fingerprint density at radius 2 is 2.15 bits per heavy atom. The number of aromatic nitrogens is 2. The first-order valence-electron chi connectivity index (χ1n) is 4.14. The third-order valence-corrected chi connectivity index (χ3v) is 1.42. The second-order valence-electron chi connectivity index (χ2n) is 2.34. The van der Waals surface area contributed by atoms with Crippen LogP contribution in [-0.2, 0) is 4.84 Å². The third kappa shape index (κ3) is 2.96. The Kier molecular flexibility index (Phi) is 4.14. The van der Waals surface area contributed by atoms with Crippen LogP contribution < -0.4 is 5.06 Å². The summed E-state index contributed by atoms with van der Waals surface area (Å²) in [5.74, 6) is 0. The molecule has 0 saturated heterocycles. The number of anilines is 1. The van der Waals surface area contributed by atoms with E-state index < -0.39 is 0 Å². The van der Waals surface area contributed by atoms with Crippen molar-refractivity contribution in [2.24, 2.45) is 0 Å². The van der Waals surface area contributed by atoms with E-state index in [9.17, 15) is 0 Å². The van der Waals surface area contributed by atoms with Crippen molar-refractivity contribution in [2.45, 2.75) is 6.92 Å². The number of aliphatic hydroxyl groups is 1. The lowest BCUT2D eigenvalue weighted by molar-refractivity contribution is 0.107. The first-order valence-corrected chi connectivity index (χ1v) is 4.14. The van der Waals surface area contributed by atoms with E-state index in [0.717, 1.165) is 5.69 Å². The number of hydrogen-bond donors (Lipinski definition) is 1. The zero-order valence-electron chi connectivity index (χ0n) is 7.55. The number of nitrogens with zero attached hydrogens (tertiary/aromatic N) is 3. The Labute approximate surface area is 77.0 Å². The normalized spacial score (nSPS) is 10.0. The summed E-state index contributed by atoms with van der Waals surface area (Å²) in [6.45, 7) is 2.89. The van der Waals surface area contributed by atoms with Gasteiger partial charge in [0, 0.05) is 0 Å². The molecule has 0 atom stereocenters. The molecule has 1 rings (SSSR count). The molecule has 1 aromatic rings. The Balaban J connectivity index is 2.64. The predicted molar refractivity (Wildman–Crippen MR) is 48.1 cm³/mol. The Hall–Kier alpha value is -1.20. The van der Waals surface area contributed by atoms with Crippen LogP contribution in [0, 0.1) is 0 Å². The van der Waals surface area contributed by atoms with E-state index in [2.05, 4.69) is 9.97 Å². The van der Waals surface area contributed by atoms with E-state index in [4.69, 9.17) is 9.94 Å². The Bertz CT molecular complexity index is 224. The average molecular weight is 183 g/mol. The second-order valence-corrected chi connectivity index (χ2v) is 2.34. The van der Waals surface area contributed by atoms with Gasteiger partial charge in [-0.3, -0.25) is 4.84 Å². The molecule has 5 nitrogen and oxygen atoms in total. The van der Waals surface area contributed by atoms with Crippen molar-refractivity contribution in [3.8, 4) is 0 Å². The lowest BCUT2D eigenvalue weighted by Gasteiger charge is -2.20. The zero-order valence-corrected chi connectivity index (χ0v) is 7.55. The van der Waals surface area contributed by atoms with Gasteiger partial charge in [0.05, 0.1) is 32.2 Å². The fourth-order valence-corrected chi connectivity index (χ4v) is 0.935. The van der Waals surface area contributed by atoms with Gasteiger partial charge < -0.3 is 5.11 Å². The van der Waals surface area contributed by atoms with Gasteiger partial charge in [0.2, 0.25) is 0 Å². The summed E-state index contributed by atoms with van der Waals surface area (Å²) < 4.78 is 0. The Morgan fingerprint density at radius 3 is 2.69 bits per heavy atom. The van der Waals surface area contributed by atoms with Crippen LogP contribution in [0.1, 0.15) is 6.92 Å². The van der Waals surface area contributed by atoms with Crippen LogP contribution in [0.3, 0.4) is 0 Å². The van der Waals surface area contributed by atoms with Crippen molar-refractivity contribution in [1.82, 2.24) is 9.97 Å². The molecule has 0 amide bonds. The maximum absolute atomic E-state index is 8.76. The summed E-state index contributed by atoms with van der Waals surface area (Å²) in [6.07, 6.45) is 4.73. The smallest absolute Gasteiger partial charge is 0.115 e. The second kappa shape index (κ2) is 5.45. The van der Waals surface area contributed by atoms with E-state index in [1.165, 1.54) is 6.33 Å². The van der Waals surface area contributed by atoms with E-state index in [1.807, 2.05) is 6.92 Å². The zero-order chi connectivity index (χ0) is 9.52. The number of aliphatic hydroxyl groups excluding tert-OH is 1. The van der Waals surface area contributed by atoms with E-state index in [-0.39, 0.29) is 6.61 Å². The highest BCUT2D eigenvalue weighted by Crippen LogP contribution is 2.09. The highest BCUT2D eigenvalue weighted by Gasteiger charge is 2.04. The number of rotatable bonds is 5. The number of hydroxylamine groups is 1. The van der Waals surface area contributed by atoms with E-state index in [1.54, 1.807) is 17.5 Å². The molecule has 0 fully saturated rings. The van der Waals surface area contributed by atoms with Crippen molar-refractivity contribution in [1.29, 1.82) is 0 Å². The lowest BCUT2D eigenvalue weighted by atomic mass is 10.5. The maximum atomic E-state index is 8.76. The van der Waals surface area contributed by atoms with Crippen molar-refractivity contribution >= 4 is 5.69 Å². The molecule has 1 N–H and O–H groups in total. The minimum absolute atomic E-state index is 0.0366. The van der Waals surface area contributed by atoms with Gasteiger partial charge >= 0.3 is 0 Å². The SMILES string of the molecule is CCON(CCO)c1cncnc1. The van der Waals surface area contributed by atoms with Crippen LogP contribution in [0.4, 0.5) is 5.69 Å². The van der Waals surface area contributed by atoms with Crippen LogP contribution in [0.5, 0.6) is 0 Å². The Morgan fingerprint density at radius 1 is 1.46 bits per heavy atom. The third-order valence-electron chi connectivity index (χ3n) is 1.42. The molecule has 5 heteroatoms. The molecule has 0 radical (unpaired) electrons. The summed E-state index contributed by atoms with van der Waals surface area (Å²) in [4.78, 5) is 13.0. The van der Waals surface area contributed by atoms with Crippen LogP contribution in [0.25, 0.3) is 0 Å². The molecule has 0 aliphatic carbocycles. The predicted octanol–water partition coefficient (Wildman–Crippen LogP) is 0.227. The summed E-state index contributed by atoms with van der Waals surface area (Å²) >= 11 is 0. The lowest BCUT2D eigenvalue weighted by Crippen LogP contribution is -2.27. The average Bonchev–Trinajstić information content (AvgIpc) is 2.19. The van der Waals surface area contributed by atoms with Crippen molar-refractivity contribution < 1.29 is 9.94 Å². The quantitative estimate of drug-likeness (QED) is 0.662. The van der Waals surface area contributed by atoms with Gasteiger partial charge in [-0.25, -0.2) is 15.0 Å². The maximum Gasteiger partial charge on any atom is 0.115 e. The molecule has 0 aliphatic rings. The topological polar surface area (TPSA) is 58.5 Å². The van der Waals surface area contributed by atoms with Gasteiger partial charge in [0.1, 0.15) is 12.0 Å². The largest absolute Gasteiger partial charge is 0.394 e. The van der Waals surface area contributed by atoms with Gasteiger partial charge in [-0.1, -0.05) is 0 Å². The molecule has 1 aromatic heterocycles. The first-order chi connectivity index (χ1) is 6.38. The number of hydrogen-bond acceptors (Lipinski definition) is 5. The van der Waals surface area contributed by atoms with Crippen molar-refractivity contribution in [3.05, 3.63) is 18.7 Å². The molecule has 0 saturated carbocycles. The molecule has 13 heavy (non-hydrogen) atoms. The molecule has 72 valence electrons. The molecule has 1 heterocycles. The van der Waals surface area contributed by atoms with Gasteiger partial charge in [0.15, 0.2) is 0 Å². The fraction of sp³-hybridized carbons (Fsp3) is 0.500. The molecule has 0 spiro atoms. The highest BCUT2D eigenvalue weighted by molar-refractivity contribution is 5.37. The summed E-state index contributed by atoms with van der Waals surface area (Å²) in [7, 11) is 0.